The van der Waals surface area contributed by atoms with E-state index in [-0.39, 0.29) is 6.42 Å². The number of aromatic nitrogens is 2. The fraction of sp³-hybridized carbons (Fsp3) is 0.167. The predicted octanol–water partition coefficient (Wildman–Crippen LogP) is 3.55. The van der Waals surface area contributed by atoms with Crippen molar-refractivity contribution in [3.8, 4) is 6.07 Å². The lowest BCUT2D eigenvalue weighted by Crippen LogP contribution is -2.05. The highest BCUT2D eigenvalue weighted by Gasteiger charge is 2.13. The lowest BCUT2D eigenvalue weighted by Gasteiger charge is -2.08. The first-order valence-corrected chi connectivity index (χ1v) is 7.72. The van der Waals surface area contributed by atoms with Gasteiger partial charge in [-0.05, 0) is 30.7 Å². The van der Waals surface area contributed by atoms with Crippen LogP contribution in [-0.4, -0.2) is 20.9 Å². The Balaban J connectivity index is 2.10. The zero-order chi connectivity index (χ0) is 17.3. The highest BCUT2D eigenvalue weighted by molar-refractivity contribution is 6.31. The molecule has 0 fully saturated rings. The summed E-state index contributed by atoms with van der Waals surface area (Å²) in [4.78, 5) is 10.9. The number of nitriles is 1. The molecule has 0 spiro atoms. The van der Waals surface area contributed by atoms with Crippen molar-refractivity contribution in [1.82, 2.24) is 9.78 Å². The van der Waals surface area contributed by atoms with Gasteiger partial charge < -0.3 is 5.11 Å². The third-order valence-electron chi connectivity index (χ3n) is 3.90. The van der Waals surface area contributed by atoms with Crippen molar-refractivity contribution in [2.75, 3.05) is 0 Å². The lowest BCUT2D eigenvalue weighted by molar-refractivity contribution is -0.136. The minimum absolute atomic E-state index is 0.0459. The van der Waals surface area contributed by atoms with Gasteiger partial charge in [0.2, 0.25) is 0 Å². The topological polar surface area (TPSA) is 78.9 Å². The van der Waals surface area contributed by atoms with Gasteiger partial charge in [-0.3, -0.25) is 9.48 Å². The Morgan fingerprint density at radius 1 is 1.38 bits per heavy atom. The minimum atomic E-state index is -0.880. The van der Waals surface area contributed by atoms with Crippen LogP contribution in [0, 0.1) is 18.3 Å². The van der Waals surface area contributed by atoms with E-state index in [1.807, 2.05) is 19.1 Å². The number of benzene rings is 2. The molecular formula is C18H14ClN3O2. The minimum Gasteiger partial charge on any atom is -0.481 e. The van der Waals surface area contributed by atoms with Crippen molar-refractivity contribution in [1.29, 1.82) is 5.26 Å². The first-order valence-electron chi connectivity index (χ1n) is 7.35. The fourth-order valence-corrected chi connectivity index (χ4v) is 3.00. The number of carboxylic acid groups (broad SMARTS) is 1. The molecule has 6 heteroatoms. The molecule has 1 aromatic heterocycles. The van der Waals surface area contributed by atoms with Gasteiger partial charge in [-0.1, -0.05) is 29.8 Å². The van der Waals surface area contributed by atoms with Gasteiger partial charge in [-0.2, -0.15) is 10.4 Å². The summed E-state index contributed by atoms with van der Waals surface area (Å²) in [5, 5.41) is 24.2. The normalized spacial score (nSPS) is 10.7. The second-order valence-corrected chi connectivity index (χ2v) is 5.95. The van der Waals surface area contributed by atoms with E-state index in [1.165, 1.54) is 0 Å². The Kier molecular flexibility index (Phi) is 4.24. The van der Waals surface area contributed by atoms with Crippen LogP contribution in [0.2, 0.25) is 5.02 Å². The molecular weight excluding hydrogens is 326 g/mol. The number of fused-ring (bicyclic) bond motifs is 1. The van der Waals surface area contributed by atoms with Crippen LogP contribution in [0.5, 0.6) is 0 Å². The van der Waals surface area contributed by atoms with Crippen molar-refractivity contribution in [2.24, 2.45) is 0 Å². The van der Waals surface area contributed by atoms with Gasteiger partial charge in [0.15, 0.2) is 0 Å². The smallest absolute Gasteiger partial charge is 0.307 e. The van der Waals surface area contributed by atoms with Gasteiger partial charge in [0.1, 0.15) is 0 Å². The fourth-order valence-electron chi connectivity index (χ4n) is 2.76. The van der Waals surface area contributed by atoms with Crippen molar-refractivity contribution in [3.05, 3.63) is 63.8 Å². The Hall–Kier alpha value is -2.84. The standard InChI is InChI=1S/C18H14ClN3O2/c1-11-14-6-5-12(8-18(23)24)7-17(14)22(21-11)10-15-13(9-20)3-2-4-16(15)19/h2-7H,8,10H2,1H3,(H,23,24). The summed E-state index contributed by atoms with van der Waals surface area (Å²) < 4.78 is 1.76. The summed E-state index contributed by atoms with van der Waals surface area (Å²) in [6, 6.07) is 12.8. The summed E-state index contributed by atoms with van der Waals surface area (Å²) in [7, 11) is 0. The van der Waals surface area contributed by atoms with E-state index in [1.54, 1.807) is 28.9 Å². The first-order chi connectivity index (χ1) is 11.5. The molecule has 0 aliphatic carbocycles. The maximum absolute atomic E-state index is 10.9. The zero-order valence-electron chi connectivity index (χ0n) is 13.0. The molecule has 2 aromatic carbocycles. The molecule has 0 amide bonds. The summed E-state index contributed by atoms with van der Waals surface area (Å²) in [5.74, 6) is -0.880. The molecule has 1 heterocycles. The van der Waals surface area contributed by atoms with Crippen LogP contribution in [0.1, 0.15) is 22.4 Å². The third-order valence-corrected chi connectivity index (χ3v) is 4.26. The Bertz CT molecular complexity index is 986. The molecule has 1 N–H and O–H groups in total. The lowest BCUT2D eigenvalue weighted by atomic mass is 10.1. The van der Waals surface area contributed by atoms with Gasteiger partial charge in [-0.25, -0.2) is 0 Å². The average Bonchev–Trinajstić information content (AvgIpc) is 2.84. The summed E-state index contributed by atoms with van der Waals surface area (Å²) in [6.07, 6.45) is -0.0459. The van der Waals surface area contributed by atoms with Crippen LogP contribution in [0.3, 0.4) is 0 Å². The van der Waals surface area contributed by atoms with Gasteiger partial charge in [-0.15, -0.1) is 0 Å². The van der Waals surface area contributed by atoms with E-state index < -0.39 is 5.97 Å². The van der Waals surface area contributed by atoms with E-state index in [4.69, 9.17) is 16.7 Å². The average molecular weight is 340 g/mol. The van der Waals surface area contributed by atoms with Crippen LogP contribution in [-0.2, 0) is 17.8 Å². The van der Waals surface area contributed by atoms with Crippen LogP contribution in [0.15, 0.2) is 36.4 Å². The SMILES string of the molecule is Cc1nn(Cc2c(Cl)cccc2C#N)c2cc(CC(=O)O)ccc12. The van der Waals surface area contributed by atoms with Gasteiger partial charge in [0.25, 0.3) is 0 Å². The second-order valence-electron chi connectivity index (χ2n) is 5.54. The molecule has 3 aromatic rings. The zero-order valence-corrected chi connectivity index (χ0v) is 13.7. The Morgan fingerprint density at radius 3 is 2.88 bits per heavy atom. The van der Waals surface area contributed by atoms with E-state index in [0.29, 0.717) is 28.3 Å². The Morgan fingerprint density at radius 2 is 2.17 bits per heavy atom. The molecule has 0 bridgehead atoms. The largest absolute Gasteiger partial charge is 0.481 e. The molecule has 0 atom stereocenters. The Labute approximate surface area is 143 Å². The number of nitrogens with zero attached hydrogens (tertiary/aromatic N) is 3. The molecule has 24 heavy (non-hydrogen) atoms. The number of carboxylic acids is 1. The van der Waals surface area contributed by atoms with Gasteiger partial charge >= 0.3 is 5.97 Å². The number of halogens is 1. The van der Waals surface area contributed by atoms with Gasteiger partial charge in [0.05, 0.1) is 35.8 Å². The van der Waals surface area contributed by atoms with Crippen molar-refractivity contribution < 1.29 is 9.90 Å². The molecule has 0 unspecified atom stereocenters. The van der Waals surface area contributed by atoms with Crippen LogP contribution < -0.4 is 0 Å². The van der Waals surface area contributed by atoms with Crippen molar-refractivity contribution >= 4 is 28.5 Å². The van der Waals surface area contributed by atoms with E-state index in [2.05, 4.69) is 11.2 Å². The summed E-state index contributed by atoms with van der Waals surface area (Å²) >= 11 is 6.25. The monoisotopic (exact) mass is 339 g/mol. The molecule has 0 aliphatic heterocycles. The molecule has 5 nitrogen and oxygen atoms in total. The predicted molar refractivity (Wildman–Crippen MR) is 91.1 cm³/mol. The van der Waals surface area contributed by atoms with E-state index in [0.717, 1.165) is 16.6 Å². The number of carbonyl (C=O) groups is 1. The summed E-state index contributed by atoms with van der Waals surface area (Å²) in [6.45, 7) is 2.25. The molecule has 0 aliphatic rings. The second kappa shape index (κ2) is 6.34. The van der Waals surface area contributed by atoms with Crippen LogP contribution >= 0.6 is 11.6 Å². The van der Waals surface area contributed by atoms with Crippen molar-refractivity contribution in [3.63, 3.8) is 0 Å². The number of aliphatic carboxylic acids is 1. The van der Waals surface area contributed by atoms with Crippen LogP contribution in [0.4, 0.5) is 0 Å². The van der Waals surface area contributed by atoms with E-state index in [9.17, 15) is 10.1 Å². The van der Waals surface area contributed by atoms with Gasteiger partial charge in [0, 0.05) is 16.0 Å². The highest BCUT2D eigenvalue weighted by Crippen LogP contribution is 2.25. The van der Waals surface area contributed by atoms with Crippen molar-refractivity contribution in [2.45, 2.75) is 19.9 Å². The van der Waals surface area contributed by atoms with Crippen LogP contribution in [0.25, 0.3) is 10.9 Å². The maximum Gasteiger partial charge on any atom is 0.307 e. The molecule has 0 radical (unpaired) electrons. The third kappa shape index (κ3) is 2.97. The number of aryl methyl sites for hydroxylation is 1. The molecule has 3 rings (SSSR count). The number of rotatable bonds is 4. The molecule has 0 saturated heterocycles. The van der Waals surface area contributed by atoms with E-state index >= 15 is 0 Å². The number of hydrogen-bond acceptors (Lipinski definition) is 3. The highest BCUT2D eigenvalue weighted by atomic mass is 35.5. The quantitative estimate of drug-likeness (QED) is 0.788. The summed E-state index contributed by atoms with van der Waals surface area (Å²) in [5.41, 5.74) is 3.59. The molecule has 0 saturated carbocycles. The maximum atomic E-state index is 10.9. The number of hydrogen-bond donors (Lipinski definition) is 1. The first kappa shape index (κ1) is 16.0. The molecule has 120 valence electrons.